The molecule has 4 heteroatoms. The molecule has 1 saturated heterocycles. The number of hydrogen-bond acceptors (Lipinski definition) is 4. The summed E-state index contributed by atoms with van der Waals surface area (Å²) in [6.45, 7) is 6.68. The number of nitrogens with one attached hydrogen (secondary N) is 1. The van der Waals surface area contributed by atoms with Crippen molar-refractivity contribution in [3.05, 3.63) is 29.3 Å². The van der Waals surface area contributed by atoms with Crippen molar-refractivity contribution in [2.45, 2.75) is 25.9 Å². The molecule has 3 nitrogen and oxygen atoms in total. The number of rotatable bonds is 2. The highest BCUT2D eigenvalue weighted by Gasteiger charge is 2.15. The molecule has 3 rings (SSSR count). The first-order valence-corrected chi connectivity index (χ1v) is 7.43. The Hall–Kier alpha value is -0.970. The molecule has 0 radical (unpaired) electrons. The fraction of sp³-hybridized carbons (Fsp3) is 0.500. The maximum Gasteiger partial charge on any atom is 0.108 e. The number of para-hydroxylation sites is 1. The predicted octanol–water partition coefficient (Wildman–Crippen LogP) is 2.48. The lowest BCUT2D eigenvalue weighted by molar-refractivity contribution is 0.264. The first-order chi connectivity index (χ1) is 8.81. The summed E-state index contributed by atoms with van der Waals surface area (Å²) >= 11 is 1.83. The molecule has 1 fully saturated rings. The summed E-state index contributed by atoms with van der Waals surface area (Å²) in [6, 6.07) is 8.98. The van der Waals surface area contributed by atoms with Gasteiger partial charge in [0.2, 0.25) is 0 Å². The number of nitrogens with zero attached hydrogens (tertiary/aromatic N) is 2. The van der Waals surface area contributed by atoms with Crippen LogP contribution in [0, 0.1) is 0 Å². The third-order valence-electron chi connectivity index (χ3n) is 3.37. The van der Waals surface area contributed by atoms with Crippen LogP contribution in [0.4, 0.5) is 0 Å². The summed E-state index contributed by atoms with van der Waals surface area (Å²) < 4.78 is 1.30. The van der Waals surface area contributed by atoms with E-state index in [-0.39, 0.29) is 0 Å². The van der Waals surface area contributed by atoms with Gasteiger partial charge in [0.1, 0.15) is 5.01 Å². The van der Waals surface area contributed by atoms with Gasteiger partial charge in [-0.25, -0.2) is 4.98 Å². The highest BCUT2D eigenvalue weighted by atomic mass is 32.1. The fourth-order valence-electron chi connectivity index (χ4n) is 2.52. The van der Waals surface area contributed by atoms with Crippen molar-refractivity contribution < 1.29 is 0 Å². The van der Waals surface area contributed by atoms with E-state index in [1.165, 1.54) is 22.7 Å². The molecule has 18 heavy (non-hydrogen) atoms. The lowest BCUT2D eigenvalue weighted by Gasteiger charge is -2.20. The van der Waals surface area contributed by atoms with E-state index in [1.807, 2.05) is 11.3 Å². The van der Waals surface area contributed by atoms with Crippen molar-refractivity contribution in [2.24, 2.45) is 0 Å². The van der Waals surface area contributed by atoms with Crippen molar-refractivity contribution in [1.29, 1.82) is 0 Å². The molecule has 1 aromatic heterocycles. The lowest BCUT2D eigenvalue weighted by atomic mass is 10.3. The Morgan fingerprint density at radius 2 is 2.33 bits per heavy atom. The smallest absolute Gasteiger partial charge is 0.108 e. The third-order valence-corrected chi connectivity index (χ3v) is 4.39. The molecule has 1 aromatic carbocycles. The van der Waals surface area contributed by atoms with E-state index in [0.29, 0.717) is 6.04 Å². The van der Waals surface area contributed by atoms with Gasteiger partial charge in [0, 0.05) is 12.6 Å². The largest absolute Gasteiger partial charge is 0.313 e. The van der Waals surface area contributed by atoms with Gasteiger partial charge in [-0.1, -0.05) is 12.1 Å². The van der Waals surface area contributed by atoms with Gasteiger partial charge < -0.3 is 5.32 Å². The van der Waals surface area contributed by atoms with E-state index in [1.54, 1.807) is 0 Å². The summed E-state index contributed by atoms with van der Waals surface area (Å²) in [4.78, 5) is 7.24. The Labute approximate surface area is 112 Å². The Bertz CT molecular complexity index is 489. The van der Waals surface area contributed by atoms with Crippen LogP contribution in [0.15, 0.2) is 24.3 Å². The molecule has 1 aliphatic heterocycles. The van der Waals surface area contributed by atoms with Gasteiger partial charge in [0.25, 0.3) is 0 Å². The monoisotopic (exact) mass is 261 g/mol. The van der Waals surface area contributed by atoms with Crippen LogP contribution in [0.2, 0.25) is 0 Å². The number of thiazole rings is 1. The normalized spacial score (nSPS) is 22.2. The molecule has 0 aliphatic carbocycles. The fourth-order valence-corrected chi connectivity index (χ4v) is 3.53. The summed E-state index contributed by atoms with van der Waals surface area (Å²) in [5, 5.41) is 4.77. The first kappa shape index (κ1) is 12.1. The molecule has 1 N–H and O–H groups in total. The van der Waals surface area contributed by atoms with Gasteiger partial charge in [0.05, 0.1) is 16.8 Å². The maximum absolute atomic E-state index is 4.72. The summed E-state index contributed by atoms with van der Waals surface area (Å²) in [5.41, 5.74) is 1.14. The van der Waals surface area contributed by atoms with Gasteiger partial charge in [-0.15, -0.1) is 11.3 Å². The van der Waals surface area contributed by atoms with Crippen LogP contribution in [-0.4, -0.2) is 35.6 Å². The maximum atomic E-state index is 4.72. The number of hydrogen-bond donors (Lipinski definition) is 1. The average Bonchev–Trinajstić information content (AvgIpc) is 2.65. The molecule has 2 heterocycles. The number of fused-ring (bicyclic) bond motifs is 1. The Balaban J connectivity index is 1.74. The van der Waals surface area contributed by atoms with Gasteiger partial charge >= 0.3 is 0 Å². The van der Waals surface area contributed by atoms with Gasteiger partial charge in [-0.2, -0.15) is 0 Å². The molecule has 0 spiro atoms. The molecule has 0 bridgehead atoms. The van der Waals surface area contributed by atoms with Crippen LogP contribution in [0.25, 0.3) is 10.2 Å². The summed E-state index contributed by atoms with van der Waals surface area (Å²) in [6.07, 6.45) is 1.23. The average molecular weight is 261 g/mol. The minimum atomic E-state index is 0.585. The van der Waals surface area contributed by atoms with Crippen LogP contribution < -0.4 is 5.32 Å². The number of aromatic nitrogens is 1. The molecule has 1 unspecified atom stereocenters. The van der Waals surface area contributed by atoms with Crippen LogP contribution in [0.5, 0.6) is 0 Å². The SMILES string of the molecule is CC1CN(Cc2nc3ccccc3s2)CCCN1. The second-order valence-corrected chi connectivity index (χ2v) is 6.13. The highest BCUT2D eigenvalue weighted by Crippen LogP contribution is 2.22. The van der Waals surface area contributed by atoms with E-state index in [2.05, 4.69) is 41.4 Å². The molecule has 0 amide bonds. The van der Waals surface area contributed by atoms with E-state index < -0.39 is 0 Å². The summed E-state index contributed by atoms with van der Waals surface area (Å²) in [7, 11) is 0. The molecule has 1 atom stereocenters. The Kier molecular flexibility index (Phi) is 3.59. The predicted molar refractivity (Wildman–Crippen MR) is 77.0 cm³/mol. The second-order valence-electron chi connectivity index (χ2n) is 5.02. The van der Waals surface area contributed by atoms with Crippen molar-refractivity contribution in [2.75, 3.05) is 19.6 Å². The van der Waals surface area contributed by atoms with E-state index >= 15 is 0 Å². The quantitative estimate of drug-likeness (QED) is 0.900. The van der Waals surface area contributed by atoms with Crippen molar-refractivity contribution in [1.82, 2.24) is 15.2 Å². The molecule has 1 aliphatic rings. The van der Waals surface area contributed by atoms with Crippen LogP contribution >= 0.6 is 11.3 Å². The molecular formula is C14H19N3S. The zero-order chi connectivity index (χ0) is 12.4. The molecular weight excluding hydrogens is 242 g/mol. The van der Waals surface area contributed by atoms with E-state index in [4.69, 9.17) is 4.98 Å². The number of benzene rings is 1. The van der Waals surface area contributed by atoms with Gasteiger partial charge in [-0.3, -0.25) is 4.90 Å². The van der Waals surface area contributed by atoms with Crippen LogP contribution in [0.3, 0.4) is 0 Å². The first-order valence-electron chi connectivity index (χ1n) is 6.61. The zero-order valence-electron chi connectivity index (χ0n) is 10.7. The topological polar surface area (TPSA) is 28.2 Å². The minimum Gasteiger partial charge on any atom is -0.313 e. The van der Waals surface area contributed by atoms with Crippen LogP contribution in [-0.2, 0) is 6.54 Å². The van der Waals surface area contributed by atoms with Gasteiger partial charge in [-0.05, 0) is 38.6 Å². The molecule has 0 saturated carbocycles. The second kappa shape index (κ2) is 5.34. The van der Waals surface area contributed by atoms with Crippen molar-refractivity contribution in [3.63, 3.8) is 0 Å². The standard InChI is InChI=1S/C14H19N3S/c1-11-9-17(8-4-7-15-11)10-14-16-12-5-2-3-6-13(12)18-14/h2-3,5-6,11,15H,4,7-10H2,1H3. The van der Waals surface area contributed by atoms with E-state index in [9.17, 15) is 0 Å². The van der Waals surface area contributed by atoms with Crippen molar-refractivity contribution >= 4 is 21.6 Å². The zero-order valence-corrected chi connectivity index (χ0v) is 11.5. The molecule has 2 aromatic rings. The third kappa shape index (κ3) is 2.71. The Morgan fingerprint density at radius 1 is 1.44 bits per heavy atom. The Morgan fingerprint density at radius 3 is 3.22 bits per heavy atom. The van der Waals surface area contributed by atoms with Crippen LogP contribution in [0.1, 0.15) is 18.4 Å². The van der Waals surface area contributed by atoms with Crippen molar-refractivity contribution in [3.8, 4) is 0 Å². The highest BCUT2D eigenvalue weighted by molar-refractivity contribution is 7.18. The molecule has 96 valence electrons. The van der Waals surface area contributed by atoms with E-state index in [0.717, 1.165) is 25.2 Å². The minimum absolute atomic E-state index is 0.585. The summed E-state index contributed by atoms with van der Waals surface area (Å²) in [5.74, 6) is 0. The van der Waals surface area contributed by atoms with Gasteiger partial charge in [0.15, 0.2) is 0 Å². The lowest BCUT2D eigenvalue weighted by Crippen LogP contribution is -2.34.